The summed E-state index contributed by atoms with van der Waals surface area (Å²) in [5.74, 6) is -0.758. The molecule has 1 aromatic heterocycles. The molecule has 1 N–H and O–H groups in total. The van der Waals surface area contributed by atoms with E-state index in [1.807, 2.05) is 6.92 Å². The molecule has 0 saturated heterocycles. The molecular weight excluding hydrogens is 340 g/mol. The zero-order valence-electron chi connectivity index (χ0n) is 10.0. The normalized spacial score (nSPS) is 12.7. The van der Waals surface area contributed by atoms with Crippen LogP contribution in [0.1, 0.15) is 24.3 Å². The zero-order valence-corrected chi connectivity index (χ0v) is 12.4. The highest BCUT2D eigenvalue weighted by Crippen LogP contribution is 2.32. The van der Waals surface area contributed by atoms with Crippen molar-refractivity contribution in [3.05, 3.63) is 56.9 Å². The molecule has 1 aromatic carbocycles. The number of halogens is 4. The Bertz CT molecular complexity index is 588. The fourth-order valence-corrected chi connectivity index (χ4v) is 2.40. The van der Waals surface area contributed by atoms with Crippen molar-refractivity contribution < 1.29 is 13.2 Å². The van der Waals surface area contributed by atoms with Crippen LogP contribution in [0.15, 0.2) is 33.4 Å². The molecule has 0 radical (unpaired) electrons. The second kappa shape index (κ2) is 6.03. The molecule has 2 aromatic rings. The molecule has 1 unspecified atom stereocenters. The van der Waals surface area contributed by atoms with Gasteiger partial charge >= 0.3 is 0 Å². The molecule has 0 amide bonds. The molecular formula is C13H11BrClF2NO. The number of hydrogen-bond donors (Lipinski definition) is 1. The highest BCUT2D eigenvalue weighted by atomic mass is 79.9. The van der Waals surface area contributed by atoms with Crippen molar-refractivity contribution in [3.63, 3.8) is 0 Å². The average Bonchev–Trinajstić information content (AvgIpc) is 2.77. The smallest absolute Gasteiger partial charge is 0.142 e. The van der Waals surface area contributed by atoms with E-state index in [9.17, 15) is 8.78 Å². The summed E-state index contributed by atoms with van der Waals surface area (Å²) < 4.78 is 33.5. The third kappa shape index (κ3) is 2.99. The van der Waals surface area contributed by atoms with E-state index in [4.69, 9.17) is 16.0 Å². The minimum atomic E-state index is -0.663. The van der Waals surface area contributed by atoms with Gasteiger partial charge in [-0.25, -0.2) is 8.78 Å². The van der Waals surface area contributed by atoms with Crippen LogP contribution in [-0.2, 0) is 0 Å². The van der Waals surface area contributed by atoms with Gasteiger partial charge in [0.05, 0.1) is 21.8 Å². The Morgan fingerprint density at radius 1 is 1.37 bits per heavy atom. The molecule has 1 heterocycles. The lowest BCUT2D eigenvalue weighted by atomic mass is 10.0. The predicted octanol–water partition coefficient (Wildman–Crippen LogP) is 4.67. The Morgan fingerprint density at radius 3 is 2.68 bits per heavy atom. The van der Waals surface area contributed by atoms with E-state index in [0.29, 0.717) is 16.8 Å². The number of hydrogen-bond acceptors (Lipinski definition) is 2. The van der Waals surface area contributed by atoms with Crippen LogP contribution < -0.4 is 5.32 Å². The molecule has 0 aliphatic rings. The Balaban J connectivity index is 2.51. The first kappa shape index (κ1) is 14.5. The molecule has 0 aliphatic heterocycles. The second-order valence-corrected chi connectivity index (χ2v) is 5.17. The first-order valence-corrected chi connectivity index (χ1v) is 6.82. The van der Waals surface area contributed by atoms with Crippen LogP contribution in [0.5, 0.6) is 0 Å². The maximum Gasteiger partial charge on any atom is 0.142 e. The van der Waals surface area contributed by atoms with Gasteiger partial charge in [0.1, 0.15) is 17.4 Å². The standard InChI is InChI=1S/C13H11BrClF2NO/c1-2-18-12(13-8(14)3-4-19-13)7-5-11(17)9(15)6-10(7)16/h3-6,12,18H,2H2,1H3. The SMILES string of the molecule is CCNC(c1cc(F)c(Cl)cc1F)c1occc1Br. The van der Waals surface area contributed by atoms with Crippen molar-refractivity contribution in [2.45, 2.75) is 13.0 Å². The number of benzene rings is 1. The van der Waals surface area contributed by atoms with Crippen molar-refractivity contribution in [1.29, 1.82) is 0 Å². The van der Waals surface area contributed by atoms with Crippen molar-refractivity contribution in [2.24, 2.45) is 0 Å². The van der Waals surface area contributed by atoms with Gasteiger partial charge < -0.3 is 9.73 Å². The summed E-state index contributed by atoms with van der Waals surface area (Å²) in [6.45, 7) is 2.44. The fourth-order valence-electron chi connectivity index (χ4n) is 1.82. The summed E-state index contributed by atoms with van der Waals surface area (Å²) in [7, 11) is 0. The summed E-state index contributed by atoms with van der Waals surface area (Å²) in [4.78, 5) is 0. The van der Waals surface area contributed by atoms with Crippen LogP contribution >= 0.6 is 27.5 Å². The highest BCUT2D eigenvalue weighted by Gasteiger charge is 2.23. The first-order chi connectivity index (χ1) is 9.04. The van der Waals surface area contributed by atoms with E-state index in [1.165, 1.54) is 6.26 Å². The number of rotatable bonds is 4. The lowest BCUT2D eigenvalue weighted by Crippen LogP contribution is -2.23. The molecule has 0 spiro atoms. The predicted molar refractivity (Wildman–Crippen MR) is 73.3 cm³/mol. The summed E-state index contributed by atoms with van der Waals surface area (Å²) in [5, 5.41) is 2.82. The van der Waals surface area contributed by atoms with Crippen LogP contribution in [-0.4, -0.2) is 6.54 Å². The van der Waals surface area contributed by atoms with Gasteiger partial charge in [0.15, 0.2) is 0 Å². The maximum atomic E-state index is 14.0. The maximum absolute atomic E-state index is 14.0. The van der Waals surface area contributed by atoms with Crippen molar-refractivity contribution in [1.82, 2.24) is 5.32 Å². The molecule has 6 heteroatoms. The lowest BCUT2D eigenvalue weighted by Gasteiger charge is -2.17. The molecule has 2 rings (SSSR count). The van der Waals surface area contributed by atoms with Crippen molar-refractivity contribution >= 4 is 27.5 Å². The Hall–Kier alpha value is -0.910. The van der Waals surface area contributed by atoms with Gasteiger partial charge in [-0.05, 0) is 40.7 Å². The van der Waals surface area contributed by atoms with E-state index in [2.05, 4.69) is 21.2 Å². The van der Waals surface area contributed by atoms with E-state index < -0.39 is 17.7 Å². The van der Waals surface area contributed by atoms with Gasteiger partial charge in [0.2, 0.25) is 0 Å². The molecule has 0 aliphatic carbocycles. The van der Waals surface area contributed by atoms with Gasteiger partial charge in [0.25, 0.3) is 0 Å². The van der Waals surface area contributed by atoms with Gasteiger partial charge in [-0.3, -0.25) is 0 Å². The molecule has 102 valence electrons. The topological polar surface area (TPSA) is 25.2 Å². The summed E-state index contributed by atoms with van der Waals surface area (Å²) in [6, 6.07) is 3.16. The summed E-state index contributed by atoms with van der Waals surface area (Å²) in [5.41, 5.74) is 0.152. The van der Waals surface area contributed by atoms with Crippen LogP contribution in [0.25, 0.3) is 0 Å². The molecule has 0 bridgehead atoms. The summed E-state index contributed by atoms with van der Waals surface area (Å²) >= 11 is 8.87. The van der Waals surface area contributed by atoms with Gasteiger partial charge in [-0.2, -0.15) is 0 Å². The number of furan rings is 1. The van der Waals surface area contributed by atoms with Crippen LogP contribution in [0, 0.1) is 11.6 Å². The summed E-state index contributed by atoms with van der Waals surface area (Å²) in [6.07, 6.45) is 1.48. The van der Waals surface area contributed by atoms with Crippen molar-refractivity contribution in [2.75, 3.05) is 6.54 Å². The highest BCUT2D eigenvalue weighted by molar-refractivity contribution is 9.10. The van der Waals surface area contributed by atoms with E-state index in [0.717, 1.165) is 12.1 Å². The minimum Gasteiger partial charge on any atom is -0.466 e. The molecule has 0 fully saturated rings. The Morgan fingerprint density at radius 2 is 2.11 bits per heavy atom. The number of nitrogens with one attached hydrogen (secondary N) is 1. The lowest BCUT2D eigenvalue weighted by molar-refractivity contribution is 0.437. The monoisotopic (exact) mass is 349 g/mol. The molecule has 0 saturated carbocycles. The molecule has 1 atom stereocenters. The van der Waals surface area contributed by atoms with E-state index >= 15 is 0 Å². The largest absolute Gasteiger partial charge is 0.466 e. The van der Waals surface area contributed by atoms with Gasteiger partial charge in [-0.1, -0.05) is 18.5 Å². The average molecular weight is 351 g/mol. The third-order valence-electron chi connectivity index (χ3n) is 2.67. The van der Waals surface area contributed by atoms with Crippen LogP contribution in [0.4, 0.5) is 8.78 Å². The minimum absolute atomic E-state index is 0.152. The van der Waals surface area contributed by atoms with Crippen LogP contribution in [0.3, 0.4) is 0 Å². The van der Waals surface area contributed by atoms with Crippen LogP contribution in [0.2, 0.25) is 5.02 Å². The third-order valence-corrected chi connectivity index (χ3v) is 3.61. The Kier molecular flexibility index (Phi) is 4.60. The quantitative estimate of drug-likeness (QED) is 0.811. The zero-order chi connectivity index (χ0) is 14.0. The fraction of sp³-hybridized carbons (Fsp3) is 0.231. The molecule has 19 heavy (non-hydrogen) atoms. The van der Waals surface area contributed by atoms with Crippen molar-refractivity contribution in [3.8, 4) is 0 Å². The molecule has 2 nitrogen and oxygen atoms in total. The second-order valence-electron chi connectivity index (χ2n) is 3.91. The van der Waals surface area contributed by atoms with E-state index in [-0.39, 0.29) is 10.6 Å². The van der Waals surface area contributed by atoms with Gasteiger partial charge in [0, 0.05) is 5.56 Å². The first-order valence-electron chi connectivity index (χ1n) is 5.65. The van der Waals surface area contributed by atoms with E-state index in [1.54, 1.807) is 6.07 Å². The Labute approximate surface area is 122 Å². The van der Waals surface area contributed by atoms with Gasteiger partial charge in [-0.15, -0.1) is 0 Å².